The molecule has 0 radical (unpaired) electrons. The molecule has 1 saturated carbocycles. The van der Waals surface area contributed by atoms with Gasteiger partial charge in [-0.25, -0.2) is 0 Å². The number of carbonyl (C=O) groups is 2. The quantitative estimate of drug-likeness (QED) is 0.779. The average molecular weight is 254 g/mol. The predicted molar refractivity (Wildman–Crippen MR) is 67.0 cm³/mol. The molecule has 1 N–H and O–H groups in total. The fourth-order valence-electron chi connectivity index (χ4n) is 2.54. The maximum atomic E-state index is 12.2. The van der Waals surface area contributed by atoms with Crippen LogP contribution in [-0.2, 0) is 14.3 Å². The lowest BCUT2D eigenvalue weighted by Gasteiger charge is -2.27. The van der Waals surface area contributed by atoms with E-state index in [1.807, 2.05) is 4.90 Å². The molecule has 18 heavy (non-hydrogen) atoms. The van der Waals surface area contributed by atoms with E-state index in [0.29, 0.717) is 13.0 Å². The summed E-state index contributed by atoms with van der Waals surface area (Å²) in [6, 6.07) is -0.391. The van der Waals surface area contributed by atoms with E-state index >= 15 is 0 Å². The summed E-state index contributed by atoms with van der Waals surface area (Å²) >= 11 is 0. The summed E-state index contributed by atoms with van der Waals surface area (Å²) < 4.78 is 5.13. The second-order valence-electron chi connectivity index (χ2n) is 5.54. The van der Waals surface area contributed by atoms with Gasteiger partial charge in [-0.1, -0.05) is 0 Å². The van der Waals surface area contributed by atoms with Crippen LogP contribution in [0, 0.1) is 5.41 Å². The Balaban J connectivity index is 1.95. The molecule has 1 heterocycles. The van der Waals surface area contributed by atoms with Crippen molar-refractivity contribution in [1.82, 2.24) is 10.2 Å². The van der Waals surface area contributed by atoms with Crippen molar-refractivity contribution in [2.75, 3.05) is 26.8 Å². The molecular weight excluding hydrogens is 232 g/mol. The fourth-order valence-corrected chi connectivity index (χ4v) is 2.54. The van der Waals surface area contributed by atoms with Crippen molar-refractivity contribution in [2.45, 2.75) is 38.6 Å². The fraction of sp³-hybridized carbons (Fsp3) is 0.846. The van der Waals surface area contributed by atoms with Gasteiger partial charge in [-0.3, -0.25) is 9.59 Å². The minimum Gasteiger partial charge on any atom is -0.385 e. The normalized spacial score (nSPS) is 26.8. The van der Waals surface area contributed by atoms with Crippen LogP contribution in [0.5, 0.6) is 0 Å². The molecule has 1 atom stereocenters. The molecule has 102 valence electrons. The van der Waals surface area contributed by atoms with Gasteiger partial charge in [0, 0.05) is 33.2 Å². The third-order valence-electron chi connectivity index (χ3n) is 3.99. The lowest BCUT2D eigenvalue weighted by molar-refractivity contribution is -0.133. The molecule has 0 aromatic rings. The molecule has 0 bridgehead atoms. The summed E-state index contributed by atoms with van der Waals surface area (Å²) in [4.78, 5) is 25.4. The molecule has 2 fully saturated rings. The van der Waals surface area contributed by atoms with E-state index in [4.69, 9.17) is 4.74 Å². The standard InChI is InChI=1S/C13H22N2O3/c1-10-12(17)15(7-3-11(16)14-10)9-13(4-5-13)6-8-18-2/h10H,3-9H2,1-2H3,(H,14,16). The van der Waals surface area contributed by atoms with E-state index in [2.05, 4.69) is 5.32 Å². The maximum absolute atomic E-state index is 12.2. The van der Waals surface area contributed by atoms with Gasteiger partial charge in [-0.05, 0) is 31.6 Å². The summed E-state index contributed by atoms with van der Waals surface area (Å²) in [6.07, 6.45) is 3.74. The van der Waals surface area contributed by atoms with E-state index in [1.165, 1.54) is 0 Å². The highest BCUT2D eigenvalue weighted by Crippen LogP contribution is 2.49. The van der Waals surface area contributed by atoms with E-state index < -0.39 is 6.04 Å². The monoisotopic (exact) mass is 254 g/mol. The Morgan fingerprint density at radius 1 is 1.44 bits per heavy atom. The van der Waals surface area contributed by atoms with Crippen LogP contribution in [-0.4, -0.2) is 49.6 Å². The van der Waals surface area contributed by atoms with Crippen molar-refractivity contribution in [1.29, 1.82) is 0 Å². The zero-order chi connectivity index (χ0) is 13.2. The average Bonchev–Trinajstić information content (AvgIpc) is 3.11. The zero-order valence-electron chi connectivity index (χ0n) is 11.2. The van der Waals surface area contributed by atoms with Crippen molar-refractivity contribution in [2.24, 2.45) is 5.41 Å². The molecule has 2 aliphatic rings. The summed E-state index contributed by atoms with van der Waals surface area (Å²) in [5, 5.41) is 2.72. The number of methoxy groups -OCH3 is 1. The minimum atomic E-state index is -0.391. The van der Waals surface area contributed by atoms with E-state index in [-0.39, 0.29) is 17.2 Å². The van der Waals surface area contributed by atoms with Crippen LogP contribution < -0.4 is 5.32 Å². The third kappa shape index (κ3) is 3.02. The topological polar surface area (TPSA) is 58.6 Å². The van der Waals surface area contributed by atoms with Crippen LogP contribution in [0.25, 0.3) is 0 Å². The number of nitrogens with zero attached hydrogens (tertiary/aromatic N) is 1. The number of amides is 2. The number of nitrogens with one attached hydrogen (secondary N) is 1. The third-order valence-corrected chi connectivity index (χ3v) is 3.99. The molecule has 0 aromatic heterocycles. The summed E-state index contributed by atoms with van der Waals surface area (Å²) in [5.41, 5.74) is 0.249. The van der Waals surface area contributed by atoms with Crippen molar-refractivity contribution >= 4 is 11.8 Å². The molecule has 1 aliphatic heterocycles. The smallest absolute Gasteiger partial charge is 0.244 e. The Hall–Kier alpha value is -1.10. The van der Waals surface area contributed by atoms with Crippen molar-refractivity contribution in [3.63, 3.8) is 0 Å². The molecule has 1 saturated heterocycles. The Labute approximate surface area is 108 Å². The van der Waals surface area contributed by atoms with Gasteiger partial charge in [0.15, 0.2) is 0 Å². The van der Waals surface area contributed by atoms with Crippen LogP contribution in [0.2, 0.25) is 0 Å². The van der Waals surface area contributed by atoms with Crippen molar-refractivity contribution < 1.29 is 14.3 Å². The van der Waals surface area contributed by atoms with Gasteiger partial charge in [0.2, 0.25) is 11.8 Å². The molecule has 1 aliphatic carbocycles. The van der Waals surface area contributed by atoms with Gasteiger partial charge in [0.1, 0.15) is 6.04 Å². The van der Waals surface area contributed by atoms with Gasteiger partial charge in [-0.2, -0.15) is 0 Å². The highest BCUT2D eigenvalue weighted by atomic mass is 16.5. The van der Waals surface area contributed by atoms with Crippen LogP contribution in [0.1, 0.15) is 32.6 Å². The predicted octanol–water partition coefficient (Wildman–Crippen LogP) is 0.540. The Kier molecular flexibility index (Phi) is 3.90. The second-order valence-corrected chi connectivity index (χ2v) is 5.54. The number of rotatable bonds is 5. The number of hydrogen-bond acceptors (Lipinski definition) is 3. The van der Waals surface area contributed by atoms with Crippen LogP contribution in [0.15, 0.2) is 0 Å². The highest BCUT2D eigenvalue weighted by Gasteiger charge is 2.45. The summed E-state index contributed by atoms with van der Waals surface area (Å²) in [7, 11) is 1.71. The summed E-state index contributed by atoms with van der Waals surface area (Å²) in [5.74, 6) is 0.0182. The largest absolute Gasteiger partial charge is 0.385 e. The Morgan fingerprint density at radius 3 is 2.78 bits per heavy atom. The molecule has 0 spiro atoms. The number of carbonyl (C=O) groups excluding carboxylic acids is 2. The Bertz CT molecular complexity index is 339. The number of ether oxygens (including phenoxy) is 1. The molecule has 0 aromatic carbocycles. The van der Waals surface area contributed by atoms with Gasteiger partial charge < -0.3 is 15.0 Å². The summed E-state index contributed by atoms with van der Waals surface area (Å²) in [6.45, 7) is 3.82. The van der Waals surface area contributed by atoms with E-state index in [9.17, 15) is 9.59 Å². The van der Waals surface area contributed by atoms with Crippen LogP contribution >= 0.6 is 0 Å². The molecule has 1 unspecified atom stereocenters. The molecule has 5 heteroatoms. The molecule has 2 rings (SSSR count). The van der Waals surface area contributed by atoms with E-state index in [1.54, 1.807) is 14.0 Å². The van der Waals surface area contributed by atoms with E-state index in [0.717, 1.165) is 32.4 Å². The van der Waals surface area contributed by atoms with Gasteiger partial charge in [-0.15, -0.1) is 0 Å². The first-order valence-corrected chi connectivity index (χ1v) is 6.63. The van der Waals surface area contributed by atoms with Crippen molar-refractivity contribution in [3.8, 4) is 0 Å². The van der Waals surface area contributed by atoms with Crippen LogP contribution in [0.3, 0.4) is 0 Å². The lowest BCUT2D eigenvalue weighted by Crippen LogP contribution is -2.44. The lowest BCUT2D eigenvalue weighted by atomic mass is 10.0. The maximum Gasteiger partial charge on any atom is 0.244 e. The SMILES string of the molecule is COCCC1(CN2CCC(=O)NC(C)C2=O)CC1. The number of hydrogen-bond donors (Lipinski definition) is 1. The molecular formula is C13H22N2O3. The first kappa shape index (κ1) is 13.3. The van der Waals surface area contributed by atoms with Gasteiger partial charge in [0.05, 0.1) is 0 Å². The zero-order valence-corrected chi connectivity index (χ0v) is 11.2. The first-order valence-electron chi connectivity index (χ1n) is 6.63. The molecule has 5 nitrogen and oxygen atoms in total. The van der Waals surface area contributed by atoms with Crippen LogP contribution in [0.4, 0.5) is 0 Å². The minimum absolute atomic E-state index is 0.0277. The van der Waals surface area contributed by atoms with Gasteiger partial charge in [0.25, 0.3) is 0 Å². The van der Waals surface area contributed by atoms with Gasteiger partial charge >= 0.3 is 0 Å². The molecule has 2 amide bonds. The highest BCUT2D eigenvalue weighted by molar-refractivity contribution is 5.89. The van der Waals surface area contributed by atoms with Crippen molar-refractivity contribution in [3.05, 3.63) is 0 Å². The second kappa shape index (κ2) is 5.26. The Morgan fingerprint density at radius 2 is 2.17 bits per heavy atom. The first-order chi connectivity index (χ1) is 8.56.